The minimum atomic E-state index is -0.612. The smallest absolute Gasteiger partial charge is 0.271 e. The molecule has 1 amide bonds. The van der Waals surface area contributed by atoms with Crippen LogP contribution in [0.25, 0.3) is 0 Å². The van der Waals surface area contributed by atoms with Gasteiger partial charge >= 0.3 is 0 Å². The zero-order chi connectivity index (χ0) is 17.8. The highest BCUT2D eigenvalue weighted by molar-refractivity contribution is 5.96. The minimum Gasteiger partial charge on any atom is -0.364 e. The second-order valence-corrected chi connectivity index (χ2v) is 6.60. The summed E-state index contributed by atoms with van der Waals surface area (Å²) in [5.41, 5.74) is 6.30. The van der Waals surface area contributed by atoms with E-state index in [-0.39, 0.29) is 5.69 Å². The van der Waals surface area contributed by atoms with Gasteiger partial charge in [0.15, 0.2) is 11.5 Å². The van der Waals surface area contributed by atoms with Gasteiger partial charge in [0, 0.05) is 19.3 Å². The van der Waals surface area contributed by atoms with Crippen molar-refractivity contribution >= 4 is 23.2 Å². The fraction of sp³-hybridized carbons (Fsp3) is 0.444. The summed E-state index contributed by atoms with van der Waals surface area (Å²) in [6.45, 7) is 2.28. The summed E-state index contributed by atoms with van der Waals surface area (Å²) < 4.78 is 0. The molecule has 132 valence electrons. The Labute approximate surface area is 147 Å². The number of nitrogens with one attached hydrogen (secondary N) is 1. The third-order valence-electron chi connectivity index (χ3n) is 4.84. The molecule has 2 unspecified atom stereocenters. The summed E-state index contributed by atoms with van der Waals surface area (Å²) >= 11 is 0. The number of hydrogen-bond acceptors (Lipinski definition) is 6. The van der Waals surface area contributed by atoms with Crippen LogP contribution in [0, 0.1) is 5.92 Å². The van der Waals surface area contributed by atoms with Gasteiger partial charge in [-0.25, -0.2) is 9.97 Å². The summed E-state index contributed by atoms with van der Waals surface area (Å²) in [7, 11) is 2.04. The molecular weight excluding hydrogens is 316 g/mol. The first-order valence-electron chi connectivity index (χ1n) is 8.63. The molecule has 25 heavy (non-hydrogen) atoms. The molecule has 1 saturated carbocycles. The van der Waals surface area contributed by atoms with Crippen LogP contribution in [0.5, 0.6) is 0 Å². The average Bonchev–Trinajstić information content (AvgIpc) is 2.62. The molecule has 2 aromatic rings. The van der Waals surface area contributed by atoms with Crippen LogP contribution in [0.1, 0.15) is 43.1 Å². The van der Waals surface area contributed by atoms with E-state index in [1.165, 1.54) is 19.3 Å². The van der Waals surface area contributed by atoms with E-state index in [1.54, 1.807) is 24.7 Å². The average molecular weight is 340 g/mol. The molecule has 0 saturated heterocycles. The van der Waals surface area contributed by atoms with Crippen LogP contribution in [-0.2, 0) is 0 Å². The highest BCUT2D eigenvalue weighted by Crippen LogP contribution is 2.30. The van der Waals surface area contributed by atoms with E-state index in [4.69, 9.17) is 5.73 Å². The number of nitrogens with two attached hydrogens (primary N) is 1. The zero-order valence-corrected chi connectivity index (χ0v) is 14.6. The lowest BCUT2D eigenvalue weighted by molar-refractivity contribution is 0.0996. The lowest BCUT2D eigenvalue weighted by Gasteiger charge is -2.37. The zero-order valence-electron chi connectivity index (χ0n) is 14.6. The second-order valence-electron chi connectivity index (χ2n) is 6.60. The van der Waals surface area contributed by atoms with Crippen molar-refractivity contribution in [3.8, 4) is 0 Å². The number of rotatable bonds is 5. The number of primary amides is 1. The van der Waals surface area contributed by atoms with E-state index in [2.05, 4.69) is 32.1 Å². The normalized spacial score (nSPS) is 20.1. The molecule has 0 radical (unpaired) electrons. The van der Waals surface area contributed by atoms with E-state index < -0.39 is 5.91 Å². The highest BCUT2D eigenvalue weighted by Gasteiger charge is 2.26. The summed E-state index contributed by atoms with van der Waals surface area (Å²) in [4.78, 5) is 26.8. The van der Waals surface area contributed by atoms with Crippen LogP contribution < -0.4 is 16.0 Å². The van der Waals surface area contributed by atoms with E-state index >= 15 is 0 Å². The molecule has 2 atom stereocenters. The molecule has 1 aliphatic carbocycles. The molecule has 0 aromatic carbocycles. The number of nitrogens with zero attached hydrogens (tertiary/aromatic N) is 4. The number of carbonyl (C=O) groups is 1. The first-order chi connectivity index (χ1) is 12.1. The van der Waals surface area contributed by atoms with E-state index in [1.807, 2.05) is 13.1 Å². The Morgan fingerprint density at radius 1 is 1.32 bits per heavy atom. The molecule has 1 fully saturated rings. The van der Waals surface area contributed by atoms with E-state index in [0.717, 1.165) is 17.9 Å². The van der Waals surface area contributed by atoms with Gasteiger partial charge < -0.3 is 16.0 Å². The van der Waals surface area contributed by atoms with Crippen molar-refractivity contribution in [1.29, 1.82) is 0 Å². The highest BCUT2D eigenvalue weighted by atomic mass is 16.1. The van der Waals surface area contributed by atoms with Crippen molar-refractivity contribution in [3.05, 3.63) is 36.4 Å². The SMILES string of the molecule is CC1CCCCC1N(C)c1cnc(C(N)=O)c(Nc2cccnc2)n1. The van der Waals surface area contributed by atoms with Gasteiger partial charge in [0.25, 0.3) is 5.91 Å². The summed E-state index contributed by atoms with van der Waals surface area (Å²) in [6.07, 6.45) is 9.84. The number of aromatic nitrogens is 3. The standard InChI is InChI=1S/C18H24N6O/c1-12-6-3-4-8-14(12)24(2)15-11-21-16(17(19)25)18(23-15)22-13-7-5-9-20-10-13/h5,7,9-12,14H,3-4,6,8H2,1-2H3,(H2,19,25)(H,22,23). The number of carbonyl (C=O) groups excluding carboxylic acids is 1. The molecule has 3 rings (SSSR count). The Kier molecular flexibility index (Phi) is 5.11. The molecule has 3 N–H and O–H groups in total. The van der Waals surface area contributed by atoms with Gasteiger partial charge in [0.2, 0.25) is 0 Å². The van der Waals surface area contributed by atoms with Crippen molar-refractivity contribution < 1.29 is 4.79 Å². The molecule has 0 aliphatic heterocycles. The molecule has 0 spiro atoms. The Morgan fingerprint density at radius 3 is 2.80 bits per heavy atom. The first kappa shape index (κ1) is 17.1. The molecule has 1 aliphatic rings. The van der Waals surface area contributed by atoms with Gasteiger partial charge in [0.1, 0.15) is 5.82 Å². The van der Waals surface area contributed by atoms with Crippen LogP contribution in [-0.4, -0.2) is 33.9 Å². The van der Waals surface area contributed by atoms with Crippen LogP contribution in [0.2, 0.25) is 0 Å². The second kappa shape index (κ2) is 7.46. The van der Waals surface area contributed by atoms with Crippen molar-refractivity contribution in [2.75, 3.05) is 17.3 Å². The number of pyridine rings is 1. The number of anilines is 3. The van der Waals surface area contributed by atoms with Crippen LogP contribution in [0.3, 0.4) is 0 Å². The van der Waals surface area contributed by atoms with Crippen LogP contribution >= 0.6 is 0 Å². The Hall–Kier alpha value is -2.70. The largest absolute Gasteiger partial charge is 0.364 e. The molecular formula is C18H24N6O. The molecule has 7 nitrogen and oxygen atoms in total. The van der Waals surface area contributed by atoms with Gasteiger partial charge in [0.05, 0.1) is 18.1 Å². The predicted molar refractivity (Wildman–Crippen MR) is 97.9 cm³/mol. The van der Waals surface area contributed by atoms with Gasteiger partial charge in [-0.1, -0.05) is 19.8 Å². The maximum absolute atomic E-state index is 11.7. The van der Waals surface area contributed by atoms with Gasteiger partial charge in [-0.3, -0.25) is 9.78 Å². The van der Waals surface area contributed by atoms with Gasteiger partial charge in [-0.15, -0.1) is 0 Å². The Bertz CT molecular complexity index is 736. The van der Waals surface area contributed by atoms with E-state index in [9.17, 15) is 4.79 Å². The monoisotopic (exact) mass is 340 g/mol. The topological polar surface area (TPSA) is 97.0 Å². The van der Waals surface area contributed by atoms with Gasteiger partial charge in [-0.2, -0.15) is 0 Å². The van der Waals surface area contributed by atoms with Crippen LogP contribution in [0.15, 0.2) is 30.7 Å². The number of amides is 1. The first-order valence-corrected chi connectivity index (χ1v) is 8.63. The predicted octanol–water partition coefficient (Wildman–Crippen LogP) is 2.73. The quantitative estimate of drug-likeness (QED) is 0.868. The summed E-state index contributed by atoms with van der Waals surface area (Å²) in [6, 6.07) is 4.08. The summed E-state index contributed by atoms with van der Waals surface area (Å²) in [5, 5.41) is 3.10. The third-order valence-corrected chi connectivity index (χ3v) is 4.84. The Balaban J connectivity index is 1.90. The maximum Gasteiger partial charge on any atom is 0.271 e. The fourth-order valence-electron chi connectivity index (χ4n) is 3.43. The molecule has 2 aromatic heterocycles. The third kappa shape index (κ3) is 3.87. The summed E-state index contributed by atoms with van der Waals surface area (Å²) in [5.74, 6) is 1.08. The van der Waals surface area contributed by atoms with Gasteiger partial charge in [-0.05, 0) is 30.9 Å². The maximum atomic E-state index is 11.7. The van der Waals surface area contributed by atoms with Crippen LogP contribution in [0.4, 0.5) is 17.3 Å². The van der Waals surface area contributed by atoms with Crippen molar-refractivity contribution in [3.63, 3.8) is 0 Å². The minimum absolute atomic E-state index is 0.123. The van der Waals surface area contributed by atoms with E-state index in [0.29, 0.717) is 17.8 Å². The lowest BCUT2D eigenvalue weighted by Crippen LogP contribution is -2.39. The fourth-order valence-corrected chi connectivity index (χ4v) is 3.43. The molecule has 7 heteroatoms. The lowest BCUT2D eigenvalue weighted by atomic mass is 9.85. The molecule has 2 heterocycles. The molecule has 0 bridgehead atoms. The van der Waals surface area contributed by atoms with Crippen molar-refractivity contribution in [2.45, 2.75) is 38.6 Å². The van der Waals surface area contributed by atoms with Crippen molar-refractivity contribution in [1.82, 2.24) is 15.0 Å². The number of hydrogen-bond donors (Lipinski definition) is 2. The Morgan fingerprint density at radius 2 is 2.12 bits per heavy atom. The van der Waals surface area contributed by atoms with Crippen molar-refractivity contribution in [2.24, 2.45) is 11.7 Å².